The predicted octanol–water partition coefficient (Wildman–Crippen LogP) is 4.53. The largest absolute Gasteiger partial charge is 0.492 e. The van der Waals surface area contributed by atoms with E-state index in [0.717, 1.165) is 51.7 Å². The average molecular weight is 481 g/mol. The second-order valence-electron chi connectivity index (χ2n) is 7.37. The number of piperidine rings is 1. The van der Waals surface area contributed by atoms with Crippen molar-refractivity contribution in [3.63, 3.8) is 0 Å². The van der Waals surface area contributed by atoms with Gasteiger partial charge in [0.15, 0.2) is 0 Å². The first kappa shape index (κ1) is 21.9. The van der Waals surface area contributed by atoms with Crippen LogP contribution in [0.4, 0.5) is 4.79 Å². The lowest BCUT2D eigenvalue weighted by Gasteiger charge is -2.31. The van der Waals surface area contributed by atoms with Crippen LogP contribution in [0.15, 0.2) is 27.6 Å². The van der Waals surface area contributed by atoms with Crippen molar-refractivity contribution in [1.82, 2.24) is 9.80 Å². The highest BCUT2D eigenvalue weighted by molar-refractivity contribution is 9.10. The van der Waals surface area contributed by atoms with Crippen LogP contribution in [0.2, 0.25) is 0 Å². The Morgan fingerprint density at radius 1 is 1.31 bits per heavy atom. The Labute approximate surface area is 183 Å². The summed E-state index contributed by atoms with van der Waals surface area (Å²) < 4.78 is 6.42. The number of nitrogens with zero attached hydrogens (tertiary/aromatic N) is 2. The van der Waals surface area contributed by atoms with E-state index in [0.29, 0.717) is 30.5 Å². The Morgan fingerprint density at radius 3 is 2.69 bits per heavy atom. The highest BCUT2D eigenvalue weighted by Crippen LogP contribution is 2.34. The number of rotatable bonds is 6. The van der Waals surface area contributed by atoms with Gasteiger partial charge in [0, 0.05) is 13.1 Å². The Kier molecular flexibility index (Phi) is 7.40. The van der Waals surface area contributed by atoms with Crippen LogP contribution < -0.4 is 4.74 Å². The van der Waals surface area contributed by atoms with E-state index in [2.05, 4.69) is 22.9 Å². The van der Waals surface area contributed by atoms with Gasteiger partial charge in [-0.2, -0.15) is 0 Å². The van der Waals surface area contributed by atoms with Crippen LogP contribution in [0.25, 0.3) is 6.08 Å². The standard InChI is InChI=1S/C21H25BrN2O4S/c1-3-10-28-17-5-4-15(11-16(17)22)12-18-20(26)24(21(27)29-18)13-19(25)23-8-6-14(2)7-9-23/h4-5,11-12,14H,3,6-10,13H2,1-2H3. The fourth-order valence-corrected chi connectivity index (χ4v) is 4.57. The summed E-state index contributed by atoms with van der Waals surface area (Å²) in [5.74, 6) is 0.762. The summed E-state index contributed by atoms with van der Waals surface area (Å²) in [4.78, 5) is 40.6. The lowest BCUT2D eigenvalue weighted by atomic mass is 9.99. The van der Waals surface area contributed by atoms with Gasteiger partial charge in [0.05, 0.1) is 16.0 Å². The maximum Gasteiger partial charge on any atom is 0.294 e. The maximum atomic E-state index is 12.7. The first-order valence-electron chi connectivity index (χ1n) is 9.84. The molecule has 2 heterocycles. The van der Waals surface area contributed by atoms with E-state index in [4.69, 9.17) is 4.74 Å². The topological polar surface area (TPSA) is 66.9 Å². The smallest absolute Gasteiger partial charge is 0.294 e. The molecule has 0 saturated carbocycles. The van der Waals surface area contributed by atoms with Crippen LogP contribution in [-0.2, 0) is 9.59 Å². The molecule has 29 heavy (non-hydrogen) atoms. The normalized spacial score (nSPS) is 19.3. The van der Waals surface area contributed by atoms with Crippen molar-refractivity contribution in [2.24, 2.45) is 5.92 Å². The molecule has 8 heteroatoms. The minimum absolute atomic E-state index is 0.166. The number of benzene rings is 1. The molecule has 3 amide bonds. The van der Waals surface area contributed by atoms with Crippen molar-refractivity contribution in [3.05, 3.63) is 33.1 Å². The molecule has 0 unspecified atom stereocenters. The number of hydrogen-bond donors (Lipinski definition) is 0. The third kappa shape index (κ3) is 5.42. The summed E-state index contributed by atoms with van der Waals surface area (Å²) in [7, 11) is 0. The van der Waals surface area contributed by atoms with Crippen LogP contribution in [0.1, 0.15) is 38.7 Å². The monoisotopic (exact) mass is 480 g/mol. The predicted molar refractivity (Wildman–Crippen MR) is 118 cm³/mol. The Morgan fingerprint density at radius 2 is 2.03 bits per heavy atom. The number of thioether (sulfide) groups is 1. The van der Waals surface area contributed by atoms with E-state index in [1.807, 2.05) is 25.1 Å². The van der Waals surface area contributed by atoms with Crippen molar-refractivity contribution in [1.29, 1.82) is 0 Å². The van der Waals surface area contributed by atoms with Crippen molar-refractivity contribution in [2.45, 2.75) is 33.1 Å². The minimum atomic E-state index is -0.416. The van der Waals surface area contributed by atoms with E-state index in [9.17, 15) is 14.4 Å². The number of ether oxygens (including phenoxy) is 1. The molecule has 2 aliphatic rings. The summed E-state index contributed by atoms with van der Waals surface area (Å²) in [6.07, 6.45) is 4.50. The quantitative estimate of drug-likeness (QED) is 0.559. The zero-order chi connectivity index (χ0) is 21.0. The van der Waals surface area contributed by atoms with Gasteiger partial charge in [-0.25, -0.2) is 0 Å². The summed E-state index contributed by atoms with van der Waals surface area (Å²) in [5, 5.41) is -0.401. The van der Waals surface area contributed by atoms with Gasteiger partial charge in [0.25, 0.3) is 11.1 Å². The lowest BCUT2D eigenvalue weighted by molar-refractivity contribution is -0.136. The molecule has 6 nitrogen and oxygen atoms in total. The molecule has 1 aromatic carbocycles. The molecule has 2 fully saturated rings. The molecule has 0 radical (unpaired) electrons. The first-order valence-corrected chi connectivity index (χ1v) is 11.5. The van der Waals surface area contributed by atoms with E-state index in [1.165, 1.54) is 0 Å². The zero-order valence-corrected chi connectivity index (χ0v) is 19.1. The number of carbonyl (C=O) groups is 3. The Bertz CT molecular complexity index is 834. The minimum Gasteiger partial charge on any atom is -0.492 e. The van der Waals surface area contributed by atoms with E-state index < -0.39 is 11.1 Å². The highest BCUT2D eigenvalue weighted by atomic mass is 79.9. The molecular formula is C21H25BrN2O4S. The molecular weight excluding hydrogens is 456 g/mol. The molecule has 2 saturated heterocycles. The first-order chi connectivity index (χ1) is 13.9. The fraction of sp³-hybridized carbons (Fsp3) is 0.476. The average Bonchev–Trinajstić information content (AvgIpc) is 2.95. The van der Waals surface area contributed by atoms with E-state index in [1.54, 1.807) is 11.0 Å². The van der Waals surface area contributed by atoms with Crippen LogP contribution in [0, 0.1) is 5.92 Å². The third-order valence-corrected chi connectivity index (χ3v) is 6.55. The molecule has 0 N–H and O–H groups in total. The van der Waals surface area contributed by atoms with Gasteiger partial charge in [-0.1, -0.05) is 19.9 Å². The molecule has 1 aromatic rings. The van der Waals surface area contributed by atoms with Gasteiger partial charge in [-0.15, -0.1) is 0 Å². The number of imide groups is 1. The second-order valence-corrected chi connectivity index (χ2v) is 9.22. The number of amides is 3. The van der Waals surface area contributed by atoms with E-state index in [-0.39, 0.29) is 12.5 Å². The summed E-state index contributed by atoms with van der Waals surface area (Å²) in [5.41, 5.74) is 0.780. The molecule has 0 spiro atoms. The van der Waals surface area contributed by atoms with Crippen LogP contribution in [0.3, 0.4) is 0 Å². The van der Waals surface area contributed by atoms with Crippen molar-refractivity contribution >= 4 is 50.8 Å². The number of hydrogen-bond acceptors (Lipinski definition) is 5. The molecule has 0 aliphatic carbocycles. The number of likely N-dealkylation sites (tertiary alicyclic amines) is 1. The Hall–Kier alpha value is -1.80. The van der Waals surface area contributed by atoms with Crippen LogP contribution in [0.5, 0.6) is 5.75 Å². The second kappa shape index (κ2) is 9.80. The Balaban J connectivity index is 1.66. The van der Waals surface area contributed by atoms with Crippen LogP contribution in [-0.4, -0.2) is 53.1 Å². The molecule has 0 bridgehead atoms. The van der Waals surface area contributed by atoms with Gasteiger partial charge < -0.3 is 9.64 Å². The fourth-order valence-electron chi connectivity index (χ4n) is 3.22. The lowest BCUT2D eigenvalue weighted by Crippen LogP contribution is -2.45. The molecule has 2 aliphatic heterocycles. The zero-order valence-electron chi connectivity index (χ0n) is 16.7. The van der Waals surface area contributed by atoms with E-state index >= 15 is 0 Å². The van der Waals surface area contributed by atoms with Crippen LogP contribution >= 0.6 is 27.7 Å². The van der Waals surface area contributed by atoms with Crippen molar-refractivity contribution in [3.8, 4) is 5.75 Å². The van der Waals surface area contributed by atoms with Gasteiger partial charge in [-0.3, -0.25) is 19.3 Å². The third-order valence-electron chi connectivity index (χ3n) is 5.02. The van der Waals surface area contributed by atoms with Crippen molar-refractivity contribution < 1.29 is 19.1 Å². The van der Waals surface area contributed by atoms with Gasteiger partial charge in [0.2, 0.25) is 5.91 Å². The molecule has 0 aromatic heterocycles. The number of carbonyl (C=O) groups excluding carboxylic acids is 3. The summed E-state index contributed by atoms with van der Waals surface area (Å²) >= 11 is 4.34. The highest BCUT2D eigenvalue weighted by Gasteiger charge is 2.37. The molecule has 156 valence electrons. The molecule has 3 rings (SSSR count). The van der Waals surface area contributed by atoms with Gasteiger partial charge in [-0.05, 0) is 76.6 Å². The van der Waals surface area contributed by atoms with Gasteiger partial charge in [0.1, 0.15) is 12.3 Å². The van der Waals surface area contributed by atoms with Gasteiger partial charge >= 0.3 is 0 Å². The SMILES string of the molecule is CCCOc1ccc(C=C2SC(=O)N(CC(=O)N3CCC(C)CC3)C2=O)cc1Br. The van der Waals surface area contributed by atoms with Crippen molar-refractivity contribution in [2.75, 3.05) is 26.2 Å². The summed E-state index contributed by atoms with van der Waals surface area (Å²) in [6, 6.07) is 5.51. The molecule has 0 atom stereocenters. The number of halogens is 1. The maximum absolute atomic E-state index is 12.7. The summed E-state index contributed by atoms with van der Waals surface area (Å²) in [6.45, 7) is 6.02.